The number of ether oxygens (including phenoxy) is 1. The fraction of sp³-hybridized carbons (Fsp3) is 0.192. The molecule has 8 heteroatoms. The first-order valence-electron chi connectivity index (χ1n) is 11.0. The van der Waals surface area contributed by atoms with Gasteiger partial charge in [-0.2, -0.15) is 10.1 Å². The lowest BCUT2D eigenvalue weighted by molar-refractivity contribution is -0.136. The summed E-state index contributed by atoms with van der Waals surface area (Å²) in [7, 11) is 0. The van der Waals surface area contributed by atoms with Crippen molar-refractivity contribution in [1.82, 2.24) is 14.8 Å². The maximum absolute atomic E-state index is 11.2. The molecule has 172 valence electrons. The number of oxazole rings is 1. The third-order valence-electron chi connectivity index (χ3n) is 5.69. The largest absolute Gasteiger partial charge is 0.487 e. The van der Waals surface area contributed by atoms with Crippen molar-refractivity contribution in [2.45, 2.75) is 32.9 Å². The summed E-state index contributed by atoms with van der Waals surface area (Å²) in [5.74, 6) is -0.359. The van der Waals surface area contributed by atoms with Gasteiger partial charge in [0.25, 0.3) is 6.01 Å². The number of hydrogen-bond donors (Lipinski definition) is 2. The van der Waals surface area contributed by atoms with Gasteiger partial charge in [0, 0.05) is 17.0 Å². The van der Waals surface area contributed by atoms with Crippen molar-refractivity contribution >= 4 is 34.0 Å². The molecule has 34 heavy (non-hydrogen) atoms. The summed E-state index contributed by atoms with van der Waals surface area (Å²) in [6, 6.07) is 19.5. The van der Waals surface area contributed by atoms with Gasteiger partial charge in [-0.05, 0) is 55.3 Å². The SMILES string of the molecule is CC(C)n1nc(COc2ccccc2CC(=O)O)c2cc(-c3ccc4nc(N)oc4c3)ccc21. The molecule has 5 rings (SSSR count). The fourth-order valence-electron chi connectivity index (χ4n) is 4.11. The molecule has 5 aromatic rings. The predicted molar refractivity (Wildman–Crippen MR) is 130 cm³/mol. The van der Waals surface area contributed by atoms with E-state index in [0.717, 1.165) is 27.7 Å². The Morgan fingerprint density at radius 1 is 1.12 bits per heavy atom. The number of rotatable bonds is 7. The first-order valence-corrected chi connectivity index (χ1v) is 11.0. The molecule has 0 fully saturated rings. The van der Waals surface area contributed by atoms with Crippen LogP contribution in [0.25, 0.3) is 33.1 Å². The smallest absolute Gasteiger partial charge is 0.307 e. The second kappa shape index (κ2) is 8.55. The van der Waals surface area contributed by atoms with Crippen LogP contribution in [0.2, 0.25) is 0 Å². The van der Waals surface area contributed by atoms with Gasteiger partial charge in [0.15, 0.2) is 5.58 Å². The lowest BCUT2D eigenvalue weighted by Crippen LogP contribution is -2.06. The van der Waals surface area contributed by atoms with E-state index in [1.807, 2.05) is 28.9 Å². The summed E-state index contributed by atoms with van der Waals surface area (Å²) in [5.41, 5.74) is 11.4. The zero-order chi connectivity index (χ0) is 23.8. The molecule has 2 aromatic heterocycles. The Kier molecular flexibility index (Phi) is 5.41. The van der Waals surface area contributed by atoms with Crippen molar-refractivity contribution < 1.29 is 19.1 Å². The van der Waals surface area contributed by atoms with Crippen molar-refractivity contribution in [3.8, 4) is 16.9 Å². The van der Waals surface area contributed by atoms with Gasteiger partial charge in [-0.1, -0.05) is 30.3 Å². The van der Waals surface area contributed by atoms with Crippen LogP contribution in [0.4, 0.5) is 6.01 Å². The second-order valence-electron chi connectivity index (χ2n) is 8.42. The van der Waals surface area contributed by atoms with E-state index in [1.165, 1.54) is 0 Å². The molecule has 0 aliphatic carbocycles. The second-order valence-corrected chi connectivity index (χ2v) is 8.42. The normalized spacial score (nSPS) is 11.5. The summed E-state index contributed by atoms with van der Waals surface area (Å²) >= 11 is 0. The Labute approximate surface area is 195 Å². The van der Waals surface area contributed by atoms with E-state index >= 15 is 0 Å². The lowest BCUT2D eigenvalue weighted by Gasteiger charge is -2.09. The zero-order valence-corrected chi connectivity index (χ0v) is 18.9. The van der Waals surface area contributed by atoms with E-state index in [9.17, 15) is 9.90 Å². The number of carboxylic acid groups (broad SMARTS) is 1. The van der Waals surface area contributed by atoms with Gasteiger partial charge in [0.2, 0.25) is 0 Å². The molecule has 0 radical (unpaired) electrons. The molecule has 0 atom stereocenters. The van der Waals surface area contributed by atoms with E-state index in [1.54, 1.807) is 18.2 Å². The minimum absolute atomic E-state index is 0.101. The lowest BCUT2D eigenvalue weighted by atomic mass is 10.0. The van der Waals surface area contributed by atoms with E-state index in [0.29, 0.717) is 22.4 Å². The van der Waals surface area contributed by atoms with E-state index in [2.05, 4.69) is 37.0 Å². The zero-order valence-electron chi connectivity index (χ0n) is 18.9. The van der Waals surface area contributed by atoms with Crippen molar-refractivity contribution in [2.24, 2.45) is 0 Å². The maximum Gasteiger partial charge on any atom is 0.307 e. The summed E-state index contributed by atoms with van der Waals surface area (Å²) < 4.78 is 13.5. The standard InChI is InChI=1S/C26H24N4O4/c1-15(2)30-22-10-8-16(17-7-9-20-24(12-17)34-26(27)28-20)11-19(22)21(29-30)14-33-23-6-4-3-5-18(23)13-25(31)32/h3-12,15H,13-14H2,1-2H3,(H2,27,28)(H,31,32). The molecule has 0 spiro atoms. The molecule has 2 heterocycles. The molecule has 0 bridgehead atoms. The highest BCUT2D eigenvalue weighted by Crippen LogP contribution is 2.31. The van der Waals surface area contributed by atoms with Gasteiger partial charge >= 0.3 is 5.97 Å². The molecule has 0 aliphatic heterocycles. The van der Waals surface area contributed by atoms with E-state index < -0.39 is 5.97 Å². The van der Waals surface area contributed by atoms with Gasteiger partial charge in [0.1, 0.15) is 23.6 Å². The number of fused-ring (bicyclic) bond motifs is 2. The van der Waals surface area contributed by atoms with Gasteiger partial charge in [-0.3, -0.25) is 9.48 Å². The highest BCUT2D eigenvalue weighted by Gasteiger charge is 2.16. The third kappa shape index (κ3) is 4.05. The van der Waals surface area contributed by atoms with Crippen LogP contribution in [0.3, 0.4) is 0 Å². The Morgan fingerprint density at radius 2 is 1.88 bits per heavy atom. The number of carboxylic acids is 1. The Bertz CT molecular complexity index is 1520. The van der Waals surface area contributed by atoms with Crippen LogP contribution in [0.5, 0.6) is 5.75 Å². The Morgan fingerprint density at radius 3 is 2.68 bits per heavy atom. The van der Waals surface area contributed by atoms with Crippen LogP contribution in [-0.2, 0) is 17.8 Å². The summed E-state index contributed by atoms with van der Waals surface area (Å²) in [5, 5.41) is 15.0. The summed E-state index contributed by atoms with van der Waals surface area (Å²) in [6.45, 7) is 4.37. The monoisotopic (exact) mass is 456 g/mol. The number of benzene rings is 3. The van der Waals surface area contributed by atoms with Crippen LogP contribution in [-0.4, -0.2) is 25.8 Å². The first kappa shape index (κ1) is 21.5. The molecular weight excluding hydrogens is 432 g/mol. The van der Waals surface area contributed by atoms with Crippen molar-refractivity contribution in [3.05, 3.63) is 71.9 Å². The minimum Gasteiger partial charge on any atom is -0.487 e. The van der Waals surface area contributed by atoms with Crippen LogP contribution < -0.4 is 10.5 Å². The number of aliphatic carboxylic acids is 1. The van der Waals surface area contributed by atoms with Crippen LogP contribution in [0.1, 0.15) is 31.1 Å². The predicted octanol–water partition coefficient (Wildman–Crippen LogP) is 5.21. The molecular formula is C26H24N4O4. The number of carbonyl (C=O) groups is 1. The molecule has 3 aromatic carbocycles. The maximum atomic E-state index is 11.2. The quantitative estimate of drug-likeness (QED) is 0.345. The van der Waals surface area contributed by atoms with Crippen molar-refractivity contribution in [2.75, 3.05) is 5.73 Å². The summed E-state index contributed by atoms with van der Waals surface area (Å²) in [4.78, 5) is 15.4. The minimum atomic E-state index is -0.902. The topological polar surface area (TPSA) is 116 Å². The average molecular weight is 457 g/mol. The van der Waals surface area contributed by atoms with Gasteiger partial charge in [-0.25, -0.2) is 0 Å². The molecule has 0 aliphatic rings. The highest BCUT2D eigenvalue weighted by atomic mass is 16.5. The van der Waals surface area contributed by atoms with Crippen LogP contribution in [0, 0.1) is 0 Å². The Hall–Kier alpha value is -4.33. The van der Waals surface area contributed by atoms with E-state index in [-0.39, 0.29) is 25.1 Å². The molecule has 8 nitrogen and oxygen atoms in total. The summed E-state index contributed by atoms with van der Waals surface area (Å²) in [6.07, 6.45) is -0.101. The first-order chi connectivity index (χ1) is 16.4. The number of anilines is 1. The highest BCUT2D eigenvalue weighted by molar-refractivity contribution is 5.89. The molecule has 3 N–H and O–H groups in total. The van der Waals surface area contributed by atoms with Crippen molar-refractivity contribution in [1.29, 1.82) is 0 Å². The fourth-order valence-corrected chi connectivity index (χ4v) is 4.11. The average Bonchev–Trinajstić information content (AvgIpc) is 3.36. The number of nitrogens with zero attached hydrogens (tertiary/aromatic N) is 3. The number of hydrogen-bond acceptors (Lipinski definition) is 6. The molecule has 0 saturated heterocycles. The van der Waals surface area contributed by atoms with Crippen LogP contribution in [0.15, 0.2) is 65.1 Å². The number of nitrogen functional groups attached to an aromatic ring is 1. The Balaban J connectivity index is 1.53. The van der Waals surface area contributed by atoms with E-state index in [4.69, 9.17) is 20.0 Å². The van der Waals surface area contributed by atoms with Gasteiger partial charge < -0.3 is 20.0 Å². The third-order valence-corrected chi connectivity index (χ3v) is 5.69. The van der Waals surface area contributed by atoms with Crippen LogP contribution >= 0.6 is 0 Å². The number of nitrogens with two attached hydrogens (primary N) is 1. The number of para-hydroxylation sites is 1. The number of aromatic nitrogens is 3. The molecule has 0 saturated carbocycles. The van der Waals surface area contributed by atoms with Gasteiger partial charge in [0.05, 0.1) is 11.9 Å². The molecule has 0 amide bonds. The van der Waals surface area contributed by atoms with Crippen molar-refractivity contribution in [3.63, 3.8) is 0 Å². The van der Waals surface area contributed by atoms with Gasteiger partial charge in [-0.15, -0.1) is 0 Å². The molecule has 0 unspecified atom stereocenters.